The van der Waals surface area contributed by atoms with Gasteiger partial charge >= 0.3 is 0 Å². The van der Waals surface area contributed by atoms with Gasteiger partial charge in [-0.05, 0) is 47.7 Å². The zero-order chi connectivity index (χ0) is 18.5. The lowest BCUT2D eigenvalue weighted by Gasteiger charge is -2.16. The summed E-state index contributed by atoms with van der Waals surface area (Å²) in [6.07, 6.45) is 4.76. The van der Waals surface area contributed by atoms with Crippen LogP contribution in [0.3, 0.4) is 0 Å². The van der Waals surface area contributed by atoms with Crippen LogP contribution in [0.15, 0.2) is 49.1 Å². The molecule has 0 fully saturated rings. The number of anilines is 1. The highest BCUT2D eigenvalue weighted by Crippen LogP contribution is 2.30. The van der Waals surface area contributed by atoms with Crippen LogP contribution in [0, 0.1) is 0 Å². The second kappa shape index (κ2) is 8.15. The second-order valence-corrected chi connectivity index (χ2v) is 6.42. The van der Waals surface area contributed by atoms with E-state index in [2.05, 4.69) is 22.3 Å². The van der Waals surface area contributed by atoms with Gasteiger partial charge in [0.1, 0.15) is 12.7 Å². The number of carbonyl (C=O) groups excluding carboxylic acids is 1. The Morgan fingerprint density at radius 2 is 1.88 bits per heavy atom. The van der Waals surface area contributed by atoms with Gasteiger partial charge in [0.2, 0.25) is 0 Å². The van der Waals surface area contributed by atoms with E-state index < -0.39 is 0 Å². The molecule has 0 aliphatic carbocycles. The number of amides is 1. The predicted octanol–water partition coefficient (Wildman–Crippen LogP) is 4.36. The van der Waals surface area contributed by atoms with Gasteiger partial charge in [-0.1, -0.05) is 43.6 Å². The molecule has 6 heteroatoms. The van der Waals surface area contributed by atoms with Crippen molar-refractivity contribution < 1.29 is 4.79 Å². The molecule has 0 spiro atoms. The van der Waals surface area contributed by atoms with E-state index in [-0.39, 0.29) is 5.91 Å². The van der Waals surface area contributed by atoms with Gasteiger partial charge in [0.05, 0.1) is 6.54 Å². The summed E-state index contributed by atoms with van der Waals surface area (Å²) in [5.74, 6) is -0.135. The molecule has 3 aromatic rings. The number of nitrogens with zero attached hydrogens (tertiary/aromatic N) is 3. The molecular formula is C20H21ClN4O. The molecule has 0 bridgehead atoms. The van der Waals surface area contributed by atoms with E-state index >= 15 is 0 Å². The molecule has 0 saturated carbocycles. The first-order valence-electron chi connectivity index (χ1n) is 8.65. The number of hydrogen-bond acceptors (Lipinski definition) is 3. The number of benzene rings is 2. The molecule has 1 aromatic heterocycles. The monoisotopic (exact) mass is 368 g/mol. The van der Waals surface area contributed by atoms with Crippen molar-refractivity contribution in [2.24, 2.45) is 0 Å². The Kier molecular flexibility index (Phi) is 5.68. The highest BCUT2D eigenvalue weighted by molar-refractivity contribution is 6.32. The van der Waals surface area contributed by atoms with E-state index in [1.807, 2.05) is 43.3 Å². The molecule has 0 aliphatic rings. The van der Waals surface area contributed by atoms with Gasteiger partial charge in [-0.15, -0.1) is 0 Å². The standard InChI is InChI=1S/C20H21ClN4O/c1-3-15-9-10-18(21)17(4-2)19(15)24-20(26)16-7-5-14(6-8-16)11-25-13-22-12-23-25/h5-10,12-13H,3-4,11H2,1-2H3,(H,24,26). The summed E-state index contributed by atoms with van der Waals surface area (Å²) in [6, 6.07) is 11.4. The summed E-state index contributed by atoms with van der Waals surface area (Å²) in [5.41, 5.74) is 4.55. The van der Waals surface area contributed by atoms with Crippen LogP contribution in [-0.2, 0) is 19.4 Å². The lowest BCUT2D eigenvalue weighted by atomic mass is 10.0. The minimum Gasteiger partial charge on any atom is -0.321 e. The van der Waals surface area contributed by atoms with Gasteiger partial charge in [0.15, 0.2) is 0 Å². The highest BCUT2D eigenvalue weighted by Gasteiger charge is 2.14. The molecule has 3 rings (SSSR count). The number of halogens is 1. The molecule has 0 radical (unpaired) electrons. The summed E-state index contributed by atoms with van der Waals surface area (Å²) in [4.78, 5) is 16.6. The molecule has 0 aliphatic heterocycles. The van der Waals surface area contributed by atoms with E-state index in [0.29, 0.717) is 17.1 Å². The van der Waals surface area contributed by atoms with Crippen LogP contribution in [0.2, 0.25) is 5.02 Å². The number of carbonyl (C=O) groups is 1. The highest BCUT2D eigenvalue weighted by atomic mass is 35.5. The van der Waals surface area contributed by atoms with Crippen molar-refractivity contribution in [2.45, 2.75) is 33.2 Å². The van der Waals surface area contributed by atoms with Gasteiger partial charge < -0.3 is 5.32 Å². The molecule has 1 heterocycles. The predicted molar refractivity (Wildman–Crippen MR) is 104 cm³/mol. The average Bonchev–Trinajstić information content (AvgIpc) is 3.16. The lowest BCUT2D eigenvalue weighted by Crippen LogP contribution is -2.15. The molecule has 1 N–H and O–H groups in total. The first-order chi connectivity index (χ1) is 12.6. The van der Waals surface area contributed by atoms with E-state index in [0.717, 1.165) is 35.2 Å². The van der Waals surface area contributed by atoms with Gasteiger partial charge in [0.25, 0.3) is 5.91 Å². The molecular weight excluding hydrogens is 348 g/mol. The summed E-state index contributed by atoms with van der Waals surface area (Å²) < 4.78 is 1.74. The van der Waals surface area contributed by atoms with E-state index in [4.69, 9.17) is 11.6 Å². The average molecular weight is 369 g/mol. The molecule has 134 valence electrons. The Hall–Kier alpha value is -2.66. The van der Waals surface area contributed by atoms with E-state index in [1.54, 1.807) is 11.0 Å². The van der Waals surface area contributed by atoms with E-state index in [1.165, 1.54) is 6.33 Å². The first kappa shape index (κ1) is 18.1. The summed E-state index contributed by atoms with van der Waals surface area (Å²) in [7, 11) is 0. The van der Waals surface area contributed by atoms with Crippen molar-refractivity contribution in [2.75, 3.05) is 5.32 Å². The number of hydrogen-bond donors (Lipinski definition) is 1. The third-order valence-corrected chi connectivity index (χ3v) is 4.70. The van der Waals surface area contributed by atoms with Crippen LogP contribution in [-0.4, -0.2) is 20.7 Å². The Labute approximate surface area is 158 Å². The topological polar surface area (TPSA) is 59.8 Å². The first-order valence-corrected chi connectivity index (χ1v) is 9.03. The molecule has 1 amide bonds. The number of aryl methyl sites for hydroxylation is 1. The molecule has 0 atom stereocenters. The Morgan fingerprint density at radius 1 is 1.12 bits per heavy atom. The fourth-order valence-electron chi connectivity index (χ4n) is 2.92. The van der Waals surface area contributed by atoms with Crippen LogP contribution in [0.25, 0.3) is 0 Å². The maximum Gasteiger partial charge on any atom is 0.255 e. The Bertz CT molecular complexity index is 889. The third-order valence-electron chi connectivity index (χ3n) is 4.34. The largest absolute Gasteiger partial charge is 0.321 e. The smallest absolute Gasteiger partial charge is 0.255 e. The van der Waals surface area contributed by atoms with Crippen LogP contribution in [0.5, 0.6) is 0 Å². The van der Waals surface area contributed by atoms with E-state index in [9.17, 15) is 4.79 Å². The lowest BCUT2D eigenvalue weighted by molar-refractivity contribution is 0.102. The normalized spacial score (nSPS) is 10.7. The SMILES string of the molecule is CCc1ccc(Cl)c(CC)c1NC(=O)c1ccc(Cn2cncn2)cc1. The zero-order valence-electron chi connectivity index (χ0n) is 14.9. The second-order valence-electron chi connectivity index (χ2n) is 6.01. The van der Waals surface area contributed by atoms with Crippen LogP contribution >= 0.6 is 11.6 Å². The summed E-state index contributed by atoms with van der Waals surface area (Å²) >= 11 is 6.31. The molecule has 0 saturated heterocycles. The number of nitrogens with one attached hydrogen (secondary N) is 1. The maximum absolute atomic E-state index is 12.7. The van der Waals surface area contributed by atoms with Gasteiger partial charge in [0, 0.05) is 16.3 Å². The van der Waals surface area contributed by atoms with Gasteiger partial charge in [-0.3, -0.25) is 4.79 Å². The molecule has 26 heavy (non-hydrogen) atoms. The summed E-state index contributed by atoms with van der Waals surface area (Å²) in [5, 5.41) is 7.82. The van der Waals surface area contributed by atoms with Crippen molar-refractivity contribution in [3.63, 3.8) is 0 Å². The van der Waals surface area contributed by atoms with Crippen molar-refractivity contribution in [1.82, 2.24) is 14.8 Å². The Balaban J connectivity index is 1.79. The van der Waals surface area contributed by atoms with Crippen molar-refractivity contribution >= 4 is 23.2 Å². The molecule has 0 unspecified atom stereocenters. The number of aromatic nitrogens is 3. The minimum atomic E-state index is -0.135. The number of rotatable bonds is 6. The minimum absolute atomic E-state index is 0.135. The molecule has 5 nitrogen and oxygen atoms in total. The van der Waals surface area contributed by atoms with Crippen molar-refractivity contribution in [1.29, 1.82) is 0 Å². The Morgan fingerprint density at radius 3 is 2.50 bits per heavy atom. The van der Waals surface area contributed by atoms with Crippen molar-refractivity contribution in [3.05, 3.63) is 76.3 Å². The van der Waals surface area contributed by atoms with Gasteiger partial charge in [-0.25, -0.2) is 9.67 Å². The molecule has 2 aromatic carbocycles. The van der Waals surface area contributed by atoms with Gasteiger partial charge in [-0.2, -0.15) is 5.10 Å². The van der Waals surface area contributed by atoms with Crippen molar-refractivity contribution in [3.8, 4) is 0 Å². The van der Waals surface area contributed by atoms with Crippen LogP contribution in [0.4, 0.5) is 5.69 Å². The van der Waals surface area contributed by atoms with Crippen LogP contribution in [0.1, 0.15) is 40.9 Å². The quantitative estimate of drug-likeness (QED) is 0.703. The fraction of sp³-hybridized carbons (Fsp3) is 0.250. The third kappa shape index (κ3) is 3.94. The zero-order valence-corrected chi connectivity index (χ0v) is 15.6. The maximum atomic E-state index is 12.7. The van der Waals surface area contributed by atoms with Crippen LogP contribution < -0.4 is 5.32 Å². The fourth-order valence-corrected chi connectivity index (χ4v) is 3.21. The summed E-state index contributed by atoms with van der Waals surface area (Å²) in [6.45, 7) is 4.72.